The second-order valence-corrected chi connectivity index (χ2v) is 5.35. The summed E-state index contributed by atoms with van der Waals surface area (Å²) in [6, 6.07) is 6.98. The molecule has 1 aromatic heterocycles. The molecular formula is C13H13ClFNS. The molecule has 1 nitrogen and oxygen atoms in total. The van der Waals surface area contributed by atoms with Crippen molar-refractivity contribution in [3.8, 4) is 0 Å². The highest BCUT2D eigenvalue weighted by atomic mass is 35.5. The van der Waals surface area contributed by atoms with Crippen molar-refractivity contribution in [2.75, 3.05) is 7.05 Å². The lowest BCUT2D eigenvalue weighted by Gasteiger charge is -2.17. The Kier molecular flexibility index (Phi) is 3.82. The molecule has 0 bridgehead atoms. The summed E-state index contributed by atoms with van der Waals surface area (Å²) < 4.78 is 13.1. The maximum Gasteiger partial charge on any atom is 0.141 e. The molecule has 2 aromatic rings. The van der Waals surface area contributed by atoms with Crippen molar-refractivity contribution in [3.05, 3.63) is 56.5 Å². The first-order valence-electron chi connectivity index (χ1n) is 5.29. The van der Waals surface area contributed by atoms with Crippen LogP contribution in [0.4, 0.5) is 4.39 Å². The quantitative estimate of drug-likeness (QED) is 0.882. The molecule has 0 amide bonds. The van der Waals surface area contributed by atoms with Gasteiger partial charge in [-0.05, 0) is 48.7 Å². The number of halogens is 2. The van der Waals surface area contributed by atoms with Crippen LogP contribution in [-0.2, 0) is 0 Å². The maximum atomic E-state index is 13.1. The summed E-state index contributed by atoms with van der Waals surface area (Å²) in [6.07, 6.45) is 0. The van der Waals surface area contributed by atoms with Crippen molar-refractivity contribution < 1.29 is 4.39 Å². The molecule has 90 valence electrons. The average Bonchev–Trinajstić information content (AvgIpc) is 2.71. The van der Waals surface area contributed by atoms with Gasteiger partial charge in [-0.1, -0.05) is 17.7 Å². The van der Waals surface area contributed by atoms with Crippen molar-refractivity contribution in [1.29, 1.82) is 0 Å². The SMILES string of the molecule is CNC(c1ccc(F)c(Cl)c1)c1ccsc1C. The average molecular weight is 270 g/mol. The Morgan fingerprint density at radius 3 is 2.65 bits per heavy atom. The summed E-state index contributed by atoms with van der Waals surface area (Å²) in [4.78, 5) is 1.25. The van der Waals surface area contributed by atoms with Crippen LogP contribution in [0, 0.1) is 12.7 Å². The van der Waals surface area contributed by atoms with Crippen molar-refractivity contribution in [2.45, 2.75) is 13.0 Å². The second-order valence-electron chi connectivity index (χ2n) is 3.83. The number of nitrogens with one attached hydrogen (secondary N) is 1. The number of aryl methyl sites for hydroxylation is 1. The van der Waals surface area contributed by atoms with E-state index in [0.29, 0.717) is 0 Å². The molecule has 1 aromatic carbocycles. The molecule has 17 heavy (non-hydrogen) atoms. The van der Waals surface area contributed by atoms with Gasteiger partial charge in [0.2, 0.25) is 0 Å². The Morgan fingerprint density at radius 2 is 2.12 bits per heavy atom. The van der Waals surface area contributed by atoms with E-state index in [1.54, 1.807) is 23.5 Å². The molecular weight excluding hydrogens is 257 g/mol. The fourth-order valence-corrected chi connectivity index (χ4v) is 2.82. The molecule has 0 aliphatic rings. The highest BCUT2D eigenvalue weighted by molar-refractivity contribution is 7.10. The zero-order valence-corrected chi connectivity index (χ0v) is 11.2. The van der Waals surface area contributed by atoms with E-state index in [2.05, 4.69) is 23.7 Å². The van der Waals surface area contributed by atoms with Crippen molar-refractivity contribution in [2.24, 2.45) is 0 Å². The zero-order valence-electron chi connectivity index (χ0n) is 9.63. The van der Waals surface area contributed by atoms with Crippen molar-refractivity contribution in [3.63, 3.8) is 0 Å². The first-order chi connectivity index (χ1) is 8.13. The minimum Gasteiger partial charge on any atom is -0.309 e. The van der Waals surface area contributed by atoms with E-state index < -0.39 is 0 Å². The van der Waals surface area contributed by atoms with E-state index in [4.69, 9.17) is 11.6 Å². The van der Waals surface area contributed by atoms with Crippen molar-refractivity contribution >= 4 is 22.9 Å². The Hall–Kier alpha value is -0.900. The lowest BCUT2D eigenvalue weighted by molar-refractivity contribution is 0.624. The molecule has 1 unspecified atom stereocenters. The first kappa shape index (κ1) is 12.6. The van der Waals surface area contributed by atoms with Crippen molar-refractivity contribution in [1.82, 2.24) is 5.32 Å². The lowest BCUT2D eigenvalue weighted by Crippen LogP contribution is -2.17. The van der Waals surface area contributed by atoms with E-state index in [1.807, 2.05) is 7.05 Å². The van der Waals surface area contributed by atoms with Crippen LogP contribution < -0.4 is 5.32 Å². The van der Waals surface area contributed by atoms with Crippen LogP contribution in [0.5, 0.6) is 0 Å². The van der Waals surface area contributed by atoms with Crippen LogP contribution in [0.3, 0.4) is 0 Å². The number of hydrogen-bond acceptors (Lipinski definition) is 2. The van der Waals surface area contributed by atoms with Gasteiger partial charge in [-0.15, -0.1) is 11.3 Å². The third-order valence-electron chi connectivity index (χ3n) is 2.78. The Labute approximate surface area is 109 Å². The van der Waals surface area contributed by atoms with Gasteiger partial charge in [0.05, 0.1) is 11.1 Å². The van der Waals surface area contributed by atoms with E-state index in [0.717, 1.165) is 5.56 Å². The topological polar surface area (TPSA) is 12.0 Å². The van der Waals surface area contributed by atoms with Gasteiger partial charge in [0, 0.05) is 4.88 Å². The van der Waals surface area contributed by atoms with Gasteiger partial charge in [0.15, 0.2) is 0 Å². The van der Waals surface area contributed by atoms with Gasteiger partial charge in [-0.3, -0.25) is 0 Å². The molecule has 0 saturated carbocycles. The number of thiophene rings is 1. The van der Waals surface area contributed by atoms with E-state index in [9.17, 15) is 4.39 Å². The van der Waals surface area contributed by atoms with E-state index >= 15 is 0 Å². The molecule has 1 heterocycles. The van der Waals surface area contributed by atoms with Gasteiger partial charge < -0.3 is 5.32 Å². The number of benzene rings is 1. The highest BCUT2D eigenvalue weighted by Gasteiger charge is 2.16. The molecule has 0 radical (unpaired) electrons. The standard InChI is InChI=1S/C13H13ClFNS/c1-8-10(5-6-17-8)13(16-2)9-3-4-12(15)11(14)7-9/h3-7,13,16H,1-2H3. The molecule has 0 fully saturated rings. The predicted octanol–water partition coefficient (Wildman–Crippen LogP) is 4.16. The highest BCUT2D eigenvalue weighted by Crippen LogP contribution is 2.29. The third-order valence-corrected chi connectivity index (χ3v) is 3.93. The zero-order chi connectivity index (χ0) is 12.4. The second kappa shape index (κ2) is 5.17. The van der Waals surface area contributed by atoms with Gasteiger partial charge in [-0.25, -0.2) is 4.39 Å². The molecule has 2 rings (SSSR count). The largest absolute Gasteiger partial charge is 0.309 e. The molecule has 1 atom stereocenters. The predicted molar refractivity (Wildman–Crippen MR) is 71.4 cm³/mol. The molecule has 0 aliphatic heterocycles. The van der Waals surface area contributed by atoms with Crippen LogP contribution >= 0.6 is 22.9 Å². The van der Waals surface area contributed by atoms with Gasteiger partial charge >= 0.3 is 0 Å². The third kappa shape index (κ3) is 2.51. The molecule has 0 saturated heterocycles. The summed E-state index contributed by atoms with van der Waals surface area (Å²) in [6.45, 7) is 2.08. The number of hydrogen-bond donors (Lipinski definition) is 1. The smallest absolute Gasteiger partial charge is 0.141 e. The molecule has 1 N–H and O–H groups in total. The fourth-order valence-electron chi connectivity index (χ4n) is 1.89. The van der Waals surface area contributed by atoms with Crippen LogP contribution in [0.1, 0.15) is 22.0 Å². The summed E-state index contributed by atoms with van der Waals surface area (Å²) in [5.74, 6) is -0.382. The monoisotopic (exact) mass is 269 g/mol. The fraction of sp³-hybridized carbons (Fsp3) is 0.231. The summed E-state index contributed by atoms with van der Waals surface area (Å²) in [5.41, 5.74) is 2.18. The minimum atomic E-state index is -0.382. The van der Waals surface area contributed by atoms with E-state index in [1.165, 1.54) is 16.5 Å². The molecule has 4 heteroatoms. The van der Waals surface area contributed by atoms with Gasteiger partial charge in [-0.2, -0.15) is 0 Å². The van der Waals surface area contributed by atoms with Crippen LogP contribution in [0.15, 0.2) is 29.6 Å². The normalized spacial score (nSPS) is 12.7. The first-order valence-corrected chi connectivity index (χ1v) is 6.55. The lowest BCUT2D eigenvalue weighted by atomic mass is 10.00. The molecule has 0 aliphatic carbocycles. The van der Waals surface area contributed by atoms with Gasteiger partial charge in [0.25, 0.3) is 0 Å². The Bertz CT molecular complexity index is 524. The Balaban J connectivity index is 2.42. The maximum absolute atomic E-state index is 13.1. The molecule has 0 spiro atoms. The summed E-state index contributed by atoms with van der Waals surface area (Å²) in [7, 11) is 1.89. The summed E-state index contributed by atoms with van der Waals surface area (Å²) in [5, 5.41) is 5.45. The minimum absolute atomic E-state index is 0.0550. The summed E-state index contributed by atoms with van der Waals surface area (Å²) >= 11 is 7.52. The van der Waals surface area contributed by atoms with Crippen LogP contribution in [-0.4, -0.2) is 7.05 Å². The van der Waals surface area contributed by atoms with Gasteiger partial charge in [0.1, 0.15) is 5.82 Å². The Morgan fingerprint density at radius 1 is 1.35 bits per heavy atom. The number of rotatable bonds is 3. The van der Waals surface area contributed by atoms with Crippen LogP contribution in [0.2, 0.25) is 5.02 Å². The van der Waals surface area contributed by atoms with E-state index in [-0.39, 0.29) is 16.9 Å². The van der Waals surface area contributed by atoms with Crippen LogP contribution in [0.25, 0.3) is 0 Å².